The predicted molar refractivity (Wildman–Crippen MR) is 58.1 cm³/mol. The molecule has 2 unspecified atom stereocenters. The van der Waals surface area contributed by atoms with Gasteiger partial charge in [-0.05, 0) is 18.3 Å². The van der Waals surface area contributed by atoms with Crippen molar-refractivity contribution in [1.82, 2.24) is 0 Å². The lowest BCUT2D eigenvalue weighted by atomic mass is 9.68. The van der Waals surface area contributed by atoms with Crippen molar-refractivity contribution in [3.05, 3.63) is 0 Å². The number of hydrogen-bond donors (Lipinski definition) is 1. The summed E-state index contributed by atoms with van der Waals surface area (Å²) in [4.78, 5) is 11.0. The lowest BCUT2D eigenvalue weighted by molar-refractivity contribution is -0.256. The third kappa shape index (κ3) is 2.94. The van der Waals surface area contributed by atoms with Gasteiger partial charge in [-0.2, -0.15) is 0 Å². The van der Waals surface area contributed by atoms with Gasteiger partial charge in [0.1, 0.15) is 0 Å². The molecule has 0 aliphatic heterocycles. The van der Waals surface area contributed by atoms with Crippen LogP contribution >= 0.6 is 0 Å². The van der Waals surface area contributed by atoms with E-state index < -0.39 is 11.8 Å². The van der Waals surface area contributed by atoms with Crippen LogP contribution in [0, 0.1) is 11.3 Å². The lowest BCUT2D eigenvalue weighted by Crippen LogP contribution is -2.49. The van der Waals surface area contributed by atoms with Crippen LogP contribution in [0.3, 0.4) is 0 Å². The maximum atomic E-state index is 11.0. The first-order valence-corrected chi connectivity index (χ1v) is 5.68. The molecule has 0 saturated heterocycles. The number of ether oxygens (including phenoxy) is 1. The summed E-state index contributed by atoms with van der Waals surface area (Å²) in [6, 6.07) is 0. The summed E-state index contributed by atoms with van der Waals surface area (Å²) in [6.07, 6.45) is 3.52. The molecule has 1 aliphatic rings. The van der Waals surface area contributed by atoms with E-state index in [0.717, 1.165) is 19.3 Å². The Morgan fingerprint density at radius 2 is 2.00 bits per heavy atom. The number of rotatable bonds is 1. The van der Waals surface area contributed by atoms with E-state index in [4.69, 9.17) is 4.74 Å². The summed E-state index contributed by atoms with van der Waals surface area (Å²) < 4.78 is 5.13. The number of aliphatic hydroxyl groups is 1. The topological polar surface area (TPSA) is 46.5 Å². The Balaban J connectivity index is 2.85. The van der Waals surface area contributed by atoms with Crippen LogP contribution < -0.4 is 0 Å². The van der Waals surface area contributed by atoms with E-state index in [1.165, 1.54) is 6.92 Å². The molecular weight excluding hydrogens is 192 g/mol. The van der Waals surface area contributed by atoms with Gasteiger partial charge in [-0.15, -0.1) is 0 Å². The fraction of sp³-hybridized carbons (Fsp3) is 0.917. The average Bonchev–Trinajstić information content (AvgIpc) is 1.99. The van der Waals surface area contributed by atoms with Crippen LogP contribution in [0.5, 0.6) is 0 Å². The van der Waals surface area contributed by atoms with Crippen molar-refractivity contribution in [1.29, 1.82) is 0 Å². The van der Waals surface area contributed by atoms with Gasteiger partial charge in [0.25, 0.3) is 0 Å². The number of hydrogen-bond acceptors (Lipinski definition) is 3. The molecule has 0 aromatic rings. The van der Waals surface area contributed by atoms with Crippen molar-refractivity contribution >= 4 is 5.97 Å². The largest absolute Gasteiger partial charge is 0.433 e. The fourth-order valence-electron chi connectivity index (χ4n) is 2.61. The van der Waals surface area contributed by atoms with E-state index in [2.05, 4.69) is 20.8 Å². The van der Waals surface area contributed by atoms with Crippen molar-refractivity contribution in [2.45, 2.75) is 59.2 Å². The summed E-state index contributed by atoms with van der Waals surface area (Å²) in [5.74, 6) is -1.61. The first-order valence-electron chi connectivity index (χ1n) is 5.68. The van der Waals surface area contributed by atoms with Crippen molar-refractivity contribution in [3.63, 3.8) is 0 Å². The Hall–Kier alpha value is -0.570. The Kier molecular flexibility index (Phi) is 3.44. The molecule has 3 heteroatoms. The minimum atomic E-state index is -1.25. The molecule has 1 aliphatic carbocycles. The third-order valence-electron chi connectivity index (χ3n) is 3.19. The molecule has 0 radical (unpaired) electrons. The molecule has 0 heterocycles. The van der Waals surface area contributed by atoms with E-state index in [-0.39, 0.29) is 11.3 Å². The maximum absolute atomic E-state index is 11.0. The van der Waals surface area contributed by atoms with Gasteiger partial charge in [-0.3, -0.25) is 4.79 Å². The minimum Gasteiger partial charge on any atom is -0.433 e. The summed E-state index contributed by atoms with van der Waals surface area (Å²) in [6.45, 7) is 7.60. The van der Waals surface area contributed by atoms with Crippen molar-refractivity contribution in [2.75, 3.05) is 0 Å². The molecule has 88 valence electrons. The second-order valence-corrected chi connectivity index (χ2v) is 5.60. The Morgan fingerprint density at radius 1 is 1.40 bits per heavy atom. The molecule has 0 bridgehead atoms. The highest BCUT2D eigenvalue weighted by molar-refractivity contribution is 5.66. The molecule has 0 spiro atoms. The van der Waals surface area contributed by atoms with E-state index in [0.29, 0.717) is 6.42 Å². The zero-order chi connectivity index (χ0) is 11.7. The molecule has 2 atom stereocenters. The van der Waals surface area contributed by atoms with Gasteiger partial charge in [0.2, 0.25) is 5.79 Å². The highest BCUT2D eigenvalue weighted by Crippen LogP contribution is 2.44. The normalized spacial score (nSPS) is 32.5. The maximum Gasteiger partial charge on any atom is 0.305 e. The van der Waals surface area contributed by atoms with Crippen LogP contribution in [-0.2, 0) is 9.53 Å². The average molecular weight is 214 g/mol. The van der Waals surface area contributed by atoms with E-state index >= 15 is 0 Å². The van der Waals surface area contributed by atoms with E-state index in [9.17, 15) is 9.90 Å². The van der Waals surface area contributed by atoms with Gasteiger partial charge in [-0.1, -0.05) is 27.2 Å². The molecule has 1 rings (SSSR count). The van der Waals surface area contributed by atoms with Crippen LogP contribution in [0.25, 0.3) is 0 Å². The number of carbonyl (C=O) groups is 1. The molecule has 0 amide bonds. The molecule has 1 fully saturated rings. The highest BCUT2D eigenvalue weighted by Gasteiger charge is 2.47. The molecule has 0 aromatic carbocycles. The van der Waals surface area contributed by atoms with Crippen LogP contribution in [0.4, 0.5) is 0 Å². The van der Waals surface area contributed by atoms with Gasteiger partial charge in [0.15, 0.2) is 0 Å². The lowest BCUT2D eigenvalue weighted by Gasteiger charge is -2.45. The predicted octanol–water partition coefficient (Wildman–Crippen LogP) is 2.47. The van der Waals surface area contributed by atoms with Crippen molar-refractivity contribution < 1.29 is 14.6 Å². The Morgan fingerprint density at radius 3 is 2.47 bits per heavy atom. The van der Waals surface area contributed by atoms with Crippen LogP contribution in [-0.4, -0.2) is 16.9 Å². The Labute approximate surface area is 91.8 Å². The SMILES string of the molecule is CC(=O)OC1(O)CCCCC1C(C)(C)C. The molecule has 0 aromatic heterocycles. The minimum absolute atomic E-state index is 0.0302. The smallest absolute Gasteiger partial charge is 0.305 e. The van der Waals surface area contributed by atoms with Gasteiger partial charge in [0, 0.05) is 19.3 Å². The monoisotopic (exact) mass is 214 g/mol. The van der Waals surface area contributed by atoms with Crippen LogP contribution in [0.15, 0.2) is 0 Å². The summed E-state index contributed by atoms with van der Waals surface area (Å²) in [5.41, 5.74) is -0.0371. The number of esters is 1. The van der Waals surface area contributed by atoms with Gasteiger partial charge in [-0.25, -0.2) is 0 Å². The number of carbonyl (C=O) groups excluding carboxylic acids is 1. The molecule has 15 heavy (non-hydrogen) atoms. The quantitative estimate of drug-likeness (QED) is 0.539. The van der Waals surface area contributed by atoms with Crippen molar-refractivity contribution in [2.24, 2.45) is 11.3 Å². The molecular formula is C12H22O3. The third-order valence-corrected chi connectivity index (χ3v) is 3.19. The highest BCUT2D eigenvalue weighted by atomic mass is 16.7. The van der Waals surface area contributed by atoms with Gasteiger partial charge < -0.3 is 9.84 Å². The Bertz CT molecular complexity index is 242. The van der Waals surface area contributed by atoms with Crippen LogP contribution in [0.1, 0.15) is 53.4 Å². The summed E-state index contributed by atoms with van der Waals surface area (Å²) in [7, 11) is 0. The second kappa shape index (κ2) is 4.12. The van der Waals surface area contributed by atoms with E-state index in [1.54, 1.807) is 0 Å². The van der Waals surface area contributed by atoms with Crippen LogP contribution in [0.2, 0.25) is 0 Å². The molecule has 1 saturated carbocycles. The molecule has 3 nitrogen and oxygen atoms in total. The fourth-order valence-corrected chi connectivity index (χ4v) is 2.61. The standard InChI is InChI=1S/C12H22O3/c1-9(13)15-12(14)8-6-5-7-10(12)11(2,3)4/h10,14H,5-8H2,1-4H3. The van der Waals surface area contributed by atoms with Crippen molar-refractivity contribution in [3.8, 4) is 0 Å². The van der Waals surface area contributed by atoms with Gasteiger partial charge in [0.05, 0.1) is 0 Å². The van der Waals surface area contributed by atoms with Gasteiger partial charge >= 0.3 is 5.97 Å². The first kappa shape index (κ1) is 12.5. The second-order valence-electron chi connectivity index (χ2n) is 5.60. The molecule has 1 N–H and O–H groups in total. The summed E-state index contributed by atoms with van der Waals surface area (Å²) >= 11 is 0. The van der Waals surface area contributed by atoms with E-state index in [1.807, 2.05) is 0 Å². The summed E-state index contributed by atoms with van der Waals surface area (Å²) in [5, 5.41) is 10.4. The first-order chi connectivity index (χ1) is 6.76. The zero-order valence-corrected chi connectivity index (χ0v) is 10.2. The zero-order valence-electron chi connectivity index (χ0n) is 10.2.